The highest BCUT2D eigenvalue weighted by Crippen LogP contribution is 2.17. The summed E-state index contributed by atoms with van der Waals surface area (Å²) in [6.45, 7) is 2.43. The maximum absolute atomic E-state index is 11.8. The van der Waals surface area contributed by atoms with Crippen LogP contribution in [-0.2, 0) is 9.59 Å². The zero-order valence-corrected chi connectivity index (χ0v) is 12.0. The molecule has 6 heteroatoms. The molecule has 114 valence electrons. The summed E-state index contributed by atoms with van der Waals surface area (Å²) in [4.78, 5) is 23.6. The second-order valence-corrected chi connectivity index (χ2v) is 4.42. The summed E-state index contributed by atoms with van der Waals surface area (Å²) < 4.78 is 5.29. The van der Waals surface area contributed by atoms with Crippen molar-refractivity contribution in [1.29, 1.82) is 0 Å². The first-order valence-corrected chi connectivity index (χ1v) is 6.72. The average Bonchev–Trinajstić information content (AvgIpc) is 2.49. The molecule has 0 fully saturated rings. The quantitative estimate of drug-likeness (QED) is 0.756. The maximum atomic E-state index is 11.8. The summed E-state index contributed by atoms with van der Waals surface area (Å²) in [5, 5.41) is 14.2. The summed E-state index contributed by atoms with van der Waals surface area (Å²) in [7, 11) is 0. The van der Waals surface area contributed by atoms with Crippen LogP contribution in [0, 0.1) is 0 Å². The van der Waals surface area contributed by atoms with Crippen LogP contribution in [0.3, 0.4) is 0 Å². The van der Waals surface area contributed by atoms with Crippen molar-refractivity contribution in [2.75, 3.05) is 17.2 Å². The van der Waals surface area contributed by atoms with Crippen molar-refractivity contribution in [3.63, 3.8) is 0 Å². The third-order valence-corrected chi connectivity index (χ3v) is 2.73. The molecule has 0 saturated carbocycles. The van der Waals surface area contributed by atoms with Crippen LogP contribution in [-0.4, -0.2) is 23.5 Å². The second-order valence-electron chi connectivity index (χ2n) is 4.42. The van der Waals surface area contributed by atoms with Gasteiger partial charge in [0.05, 0.1) is 6.61 Å². The van der Waals surface area contributed by atoms with Crippen LogP contribution in [0.15, 0.2) is 48.5 Å². The predicted octanol–water partition coefficient (Wildman–Crippen LogP) is 2.37. The zero-order valence-electron chi connectivity index (χ0n) is 12.0. The second kappa shape index (κ2) is 7.12. The van der Waals surface area contributed by atoms with E-state index in [9.17, 15) is 14.7 Å². The number of hydrogen-bond donors (Lipinski definition) is 3. The molecule has 0 aromatic heterocycles. The molecule has 2 aromatic carbocycles. The number of carbonyl (C=O) groups excluding carboxylic acids is 2. The highest BCUT2D eigenvalue weighted by atomic mass is 16.5. The molecule has 0 spiro atoms. The fraction of sp³-hybridized carbons (Fsp3) is 0.125. The van der Waals surface area contributed by atoms with Crippen LogP contribution in [0.25, 0.3) is 0 Å². The molecule has 2 rings (SSSR count). The van der Waals surface area contributed by atoms with Gasteiger partial charge in [-0.05, 0) is 43.3 Å². The summed E-state index contributed by atoms with van der Waals surface area (Å²) >= 11 is 0. The van der Waals surface area contributed by atoms with E-state index >= 15 is 0 Å². The van der Waals surface area contributed by atoms with E-state index in [0.717, 1.165) is 0 Å². The van der Waals surface area contributed by atoms with Crippen molar-refractivity contribution >= 4 is 23.2 Å². The van der Waals surface area contributed by atoms with Gasteiger partial charge in [0.15, 0.2) is 0 Å². The molecular formula is C16H16N2O4. The molecule has 0 bridgehead atoms. The van der Waals surface area contributed by atoms with Gasteiger partial charge < -0.3 is 20.5 Å². The van der Waals surface area contributed by atoms with Gasteiger partial charge in [-0.15, -0.1) is 0 Å². The third-order valence-electron chi connectivity index (χ3n) is 2.73. The van der Waals surface area contributed by atoms with Crippen molar-refractivity contribution in [2.45, 2.75) is 6.92 Å². The van der Waals surface area contributed by atoms with Crippen LogP contribution in [0.2, 0.25) is 0 Å². The van der Waals surface area contributed by atoms with Crippen LogP contribution < -0.4 is 15.4 Å². The molecule has 0 atom stereocenters. The lowest BCUT2D eigenvalue weighted by Crippen LogP contribution is -2.29. The molecule has 2 aromatic rings. The summed E-state index contributed by atoms with van der Waals surface area (Å²) in [6.07, 6.45) is 0. The van der Waals surface area contributed by atoms with Crippen LogP contribution in [0.4, 0.5) is 11.4 Å². The van der Waals surface area contributed by atoms with E-state index in [-0.39, 0.29) is 5.75 Å². The largest absolute Gasteiger partial charge is 0.508 e. The first kappa shape index (κ1) is 15.4. The van der Waals surface area contributed by atoms with Gasteiger partial charge in [-0.2, -0.15) is 0 Å². The standard InChI is InChI=1S/C16H16N2O4/c1-2-22-14-8-6-11(7-9-14)17-15(20)16(21)18-12-4-3-5-13(19)10-12/h3-10,19H,2H2,1H3,(H,17,20)(H,18,21). The van der Waals surface area contributed by atoms with Gasteiger partial charge in [0, 0.05) is 17.4 Å². The van der Waals surface area contributed by atoms with Gasteiger partial charge in [0.2, 0.25) is 0 Å². The Morgan fingerprint density at radius 1 is 1.00 bits per heavy atom. The Morgan fingerprint density at radius 2 is 1.64 bits per heavy atom. The van der Waals surface area contributed by atoms with E-state index in [0.29, 0.717) is 23.7 Å². The Labute approximate surface area is 127 Å². The topological polar surface area (TPSA) is 87.7 Å². The SMILES string of the molecule is CCOc1ccc(NC(=O)C(=O)Nc2cccc(O)c2)cc1. The Balaban J connectivity index is 1.95. The Kier molecular flexibility index (Phi) is 4.98. The number of rotatable bonds is 4. The zero-order chi connectivity index (χ0) is 15.9. The molecule has 0 saturated heterocycles. The van der Waals surface area contributed by atoms with Crippen molar-refractivity contribution in [2.24, 2.45) is 0 Å². The van der Waals surface area contributed by atoms with Gasteiger partial charge in [-0.25, -0.2) is 0 Å². The summed E-state index contributed by atoms with van der Waals surface area (Å²) in [5.74, 6) is -0.929. The van der Waals surface area contributed by atoms with E-state index in [1.165, 1.54) is 12.1 Å². The highest BCUT2D eigenvalue weighted by Gasteiger charge is 2.14. The van der Waals surface area contributed by atoms with E-state index in [2.05, 4.69) is 10.6 Å². The Bertz CT molecular complexity index is 668. The van der Waals surface area contributed by atoms with Crippen molar-refractivity contribution < 1.29 is 19.4 Å². The predicted molar refractivity (Wildman–Crippen MR) is 83.0 cm³/mol. The first-order chi connectivity index (χ1) is 10.6. The van der Waals surface area contributed by atoms with Gasteiger partial charge in [-0.3, -0.25) is 9.59 Å². The molecule has 0 heterocycles. The molecule has 0 aliphatic carbocycles. The molecule has 22 heavy (non-hydrogen) atoms. The van der Waals surface area contributed by atoms with E-state index in [1.807, 2.05) is 6.92 Å². The van der Waals surface area contributed by atoms with E-state index < -0.39 is 11.8 Å². The van der Waals surface area contributed by atoms with Crippen molar-refractivity contribution in [1.82, 2.24) is 0 Å². The number of hydrogen-bond acceptors (Lipinski definition) is 4. The minimum absolute atomic E-state index is 0.00437. The molecule has 2 amide bonds. The fourth-order valence-electron chi connectivity index (χ4n) is 1.76. The highest BCUT2D eigenvalue weighted by molar-refractivity contribution is 6.43. The molecule has 0 aliphatic heterocycles. The summed E-state index contributed by atoms with van der Waals surface area (Å²) in [5.41, 5.74) is 0.825. The maximum Gasteiger partial charge on any atom is 0.314 e. The number of aromatic hydroxyl groups is 1. The van der Waals surface area contributed by atoms with Gasteiger partial charge in [0.25, 0.3) is 0 Å². The number of benzene rings is 2. The molecule has 0 radical (unpaired) electrons. The monoisotopic (exact) mass is 300 g/mol. The third kappa shape index (κ3) is 4.24. The minimum atomic E-state index is -0.820. The minimum Gasteiger partial charge on any atom is -0.508 e. The van der Waals surface area contributed by atoms with Gasteiger partial charge >= 0.3 is 11.8 Å². The number of ether oxygens (including phenoxy) is 1. The molecule has 6 nitrogen and oxygen atoms in total. The van der Waals surface area contributed by atoms with Crippen molar-refractivity contribution in [3.8, 4) is 11.5 Å². The fourth-order valence-corrected chi connectivity index (χ4v) is 1.76. The lowest BCUT2D eigenvalue weighted by Gasteiger charge is -2.08. The first-order valence-electron chi connectivity index (χ1n) is 6.72. The number of phenols is 1. The number of anilines is 2. The lowest BCUT2D eigenvalue weighted by atomic mass is 10.3. The van der Waals surface area contributed by atoms with E-state index in [4.69, 9.17) is 4.74 Å². The average molecular weight is 300 g/mol. The van der Waals surface area contributed by atoms with Crippen LogP contribution in [0.1, 0.15) is 6.92 Å². The number of carbonyl (C=O) groups is 2. The van der Waals surface area contributed by atoms with Crippen LogP contribution >= 0.6 is 0 Å². The number of phenolic OH excluding ortho intramolecular Hbond substituents is 1. The number of amides is 2. The molecular weight excluding hydrogens is 284 g/mol. The summed E-state index contributed by atoms with van der Waals surface area (Å²) in [6, 6.07) is 12.6. The van der Waals surface area contributed by atoms with Crippen molar-refractivity contribution in [3.05, 3.63) is 48.5 Å². The molecule has 0 unspecified atom stereocenters. The number of nitrogens with one attached hydrogen (secondary N) is 2. The lowest BCUT2D eigenvalue weighted by molar-refractivity contribution is -0.132. The molecule has 3 N–H and O–H groups in total. The Morgan fingerprint density at radius 3 is 2.23 bits per heavy atom. The van der Waals surface area contributed by atoms with Gasteiger partial charge in [0.1, 0.15) is 11.5 Å². The van der Waals surface area contributed by atoms with Gasteiger partial charge in [-0.1, -0.05) is 6.07 Å². The smallest absolute Gasteiger partial charge is 0.314 e. The molecule has 0 aliphatic rings. The van der Waals surface area contributed by atoms with E-state index in [1.54, 1.807) is 36.4 Å². The normalized spacial score (nSPS) is 9.86. The Hall–Kier alpha value is -3.02. The van der Waals surface area contributed by atoms with Crippen LogP contribution in [0.5, 0.6) is 11.5 Å².